The van der Waals surface area contributed by atoms with Gasteiger partial charge in [0, 0.05) is 18.9 Å². The van der Waals surface area contributed by atoms with Crippen LogP contribution in [0.2, 0.25) is 0 Å². The number of nitrogens with zero attached hydrogens (tertiary/aromatic N) is 1. The maximum atomic E-state index is 14.5. The number of carbonyl (C=O) groups excluding carboxylic acids is 9. The first-order valence-electron chi connectivity index (χ1n) is 28.1. The molecular weight excluding hydrogens is 989 g/mol. The van der Waals surface area contributed by atoms with Crippen molar-refractivity contribution in [2.45, 2.75) is 179 Å². The molecule has 1 aromatic carbocycles. The molecule has 0 bridgehead atoms. The van der Waals surface area contributed by atoms with Gasteiger partial charge < -0.3 is 75.7 Å². The lowest BCUT2D eigenvalue weighted by Crippen LogP contribution is -2.61. The Balaban J connectivity index is 2.04. The van der Waals surface area contributed by atoms with E-state index < -0.39 is 95.6 Å². The Labute approximate surface area is 455 Å². The molecule has 434 valence electrons. The zero-order valence-electron chi connectivity index (χ0n) is 46.4. The van der Waals surface area contributed by atoms with Gasteiger partial charge in [-0.05, 0) is 127 Å². The highest BCUT2D eigenvalue weighted by atomic mass is 16.2. The second kappa shape index (κ2) is 35.6. The van der Waals surface area contributed by atoms with E-state index in [4.69, 9.17) is 22.9 Å². The van der Waals surface area contributed by atoms with Gasteiger partial charge in [0.05, 0.1) is 0 Å². The van der Waals surface area contributed by atoms with Crippen LogP contribution in [0.25, 0.3) is 0 Å². The number of amides is 9. The summed E-state index contributed by atoms with van der Waals surface area (Å²) in [5.41, 5.74) is 24.5. The lowest BCUT2D eigenvalue weighted by Gasteiger charge is -2.32. The molecule has 17 N–H and O–H groups in total. The van der Waals surface area contributed by atoms with E-state index in [-0.39, 0.29) is 108 Å². The van der Waals surface area contributed by atoms with Crippen LogP contribution in [0, 0.1) is 17.8 Å². The number of nitrogens with two attached hydrogens (primary N) is 4. The minimum Gasteiger partial charge on any atom is -0.354 e. The number of hydrogen-bond donors (Lipinski definition) is 13. The van der Waals surface area contributed by atoms with Crippen LogP contribution >= 0.6 is 0 Å². The Morgan fingerprint density at radius 2 is 1.05 bits per heavy atom. The van der Waals surface area contributed by atoms with E-state index in [9.17, 15) is 43.2 Å². The predicted molar refractivity (Wildman–Crippen MR) is 295 cm³/mol. The Morgan fingerprint density at radius 1 is 0.584 bits per heavy atom. The Bertz CT molecular complexity index is 2020. The van der Waals surface area contributed by atoms with Crippen LogP contribution in [-0.4, -0.2) is 159 Å². The zero-order chi connectivity index (χ0) is 56.9. The first-order chi connectivity index (χ1) is 36.8. The number of nitrogens with one attached hydrogen (secondary N) is 9. The number of unbranched alkanes of at least 4 members (excludes halogenated alkanes) is 4. The van der Waals surface area contributed by atoms with Crippen molar-refractivity contribution < 1.29 is 43.2 Å². The molecule has 23 nitrogen and oxygen atoms in total. The molecule has 0 aromatic heterocycles. The van der Waals surface area contributed by atoms with E-state index in [1.54, 1.807) is 30.3 Å². The Hall–Kier alpha value is -5.75. The summed E-state index contributed by atoms with van der Waals surface area (Å²) in [6, 6.07) is -1.24. The molecule has 2 aliphatic rings. The lowest BCUT2D eigenvalue weighted by atomic mass is 9.95. The molecule has 77 heavy (non-hydrogen) atoms. The molecule has 9 amide bonds. The predicted octanol–water partition coefficient (Wildman–Crippen LogP) is -1.20. The average Bonchev–Trinajstić information content (AvgIpc) is 3.39. The maximum Gasteiger partial charge on any atom is 0.243 e. The van der Waals surface area contributed by atoms with Gasteiger partial charge in [-0.25, -0.2) is 0 Å². The number of piperidine rings is 1. The van der Waals surface area contributed by atoms with E-state index in [0.29, 0.717) is 18.4 Å². The quantitative estimate of drug-likeness (QED) is 0.0541. The third-order valence-electron chi connectivity index (χ3n) is 13.9. The number of hydrogen-bond acceptors (Lipinski definition) is 14. The van der Waals surface area contributed by atoms with E-state index in [1.807, 2.05) is 27.7 Å². The van der Waals surface area contributed by atoms with Gasteiger partial charge in [-0.15, -0.1) is 0 Å². The molecule has 0 aliphatic carbocycles. The fourth-order valence-corrected chi connectivity index (χ4v) is 9.49. The molecule has 0 unspecified atom stereocenters. The summed E-state index contributed by atoms with van der Waals surface area (Å²) >= 11 is 0. The lowest BCUT2D eigenvalue weighted by molar-refractivity contribution is -0.136. The van der Waals surface area contributed by atoms with Crippen molar-refractivity contribution in [1.82, 2.24) is 52.8 Å². The monoisotopic (exact) mass is 1080 g/mol. The molecule has 2 fully saturated rings. The van der Waals surface area contributed by atoms with Crippen LogP contribution in [0.1, 0.15) is 130 Å². The molecule has 1 aromatic rings. The van der Waals surface area contributed by atoms with Crippen LogP contribution in [-0.2, 0) is 49.6 Å². The molecule has 2 aliphatic heterocycles. The van der Waals surface area contributed by atoms with Crippen LogP contribution in [0.3, 0.4) is 0 Å². The van der Waals surface area contributed by atoms with Crippen molar-refractivity contribution in [3.8, 4) is 0 Å². The summed E-state index contributed by atoms with van der Waals surface area (Å²) in [6.45, 7) is 11.7. The molecular formula is C54H94N14O9. The van der Waals surface area contributed by atoms with Crippen molar-refractivity contribution in [2.75, 3.05) is 52.4 Å². The number of carbonyl (C=O) groups is 9. The molecule has 0 radical (unpaired) electrons. The highest BCUT2D eigenvalue weighted by Gasteiger charge is 2.36. The van der Waals surface area contributed by atoms with Gasteiger partial charge in [-0.2, -0.15) is 0 Å². The summed E-state index contributed by atoms with van der Waals surface area (Å²) in [5.74, 6) is -6.83. The van der Waals surface area contributed by atoms with Crippen LogP contribution < -0.4 is 70.8 Å². The fraction of sp³-hybridized carbons (Fsp3) is 0.722. The Kier molecular flexibility index (Phi) is 30.3. The summed E-state index contributed by atoms with van der Waals surface area (Å²) in [6.07, 6.45) is 6.94. The van der Waals surface area contributed by atoms with Crippen molar-refractivity contribution in [3.63, 3.8) is 0 Å². The summed E-state index contributed by atoms with van der Waals surface area (Å²) < 4.78 is 0. The van der Waals surface area contributed by atoms with E-state index in [0.717, 1.165) is 32.5 Å². The topological polar surface area (TPSA) is 369 Å². The second-order valence-electron chi connectivity index (χ2n) is 21.4. The second-order valence-corrected chi connectivity index (χ2v) is 21.4. The van der Waals surface area contributed by atoms with Gasteiger partial charge in [0.1, 0.15) is 48.3 Å². The maximum absolute atomic E-state index is 14.5. The molecule has 2 heterocycles. The normalized spacial score (nSPS) is 23.9. The third kappa shape index (κ3) is 23.8. The molecule has 23 heteroatoms. The number of likely N-dealkylation sites (tertiary alicyclic amines) is 1. The van der Waals surface area contributed by atoms with Gasteiger partial charge in [0.2, 0.25) is 53.2 Å². The average molecular weight is 1080 g/mol. The largest absolute Gasteiger partial charge is 0.354 e. The number of benzene rings is 1. The molecule has 0 spiro atoms. The zero-order valence-corrected chi connectivity index (χ0v) is 46.4. The highest BCUT2D eigenvalue weighted by Crippen LogP contribution is 2.19. The fourth-order valence-electron chi connectivity index (χ4n) is 9.49. The highest BCUT2D eigenvalue weighted by molar-refractivity contribution is 5.98. The van der Waals surface area contributed by atoms with Crippen molar-refractivity contribution in [2.24, 2.45) is 40.7 Å². The summed E-state index contributed by atoms with van der Waals surface area (Å²) in [4.78, 5) is 130. The smallest absolute Gasteiger partial charge is 0.243 e. The van der Waals surface area contributed by atoms with Gasteiger partial charge in [-0.1, -0.05) is 90.6 Å². The van der Waals surface area contributed by atoms with E-state index in [2.05, 4.69) is 59.7 Å². The van der Waals surface area contributed by atoms with Crippen LogP contribution in [0.15, 0.2) is 30.3 Å². The molecule has 2 saturated heterocycles. The van der Waals surface area contributed by atoms with Gasteiger partial charge in [0.15, 0.2) is 0 Å². The minimum atomic E-state index is -1.42. The SMILES string of the molecule is CCCCCCCN1CCC(C(=O)N[C@H](CCN)C(=O)N[C@H]2CCNC(=O)[C@H](CC(C)C)NC(=O)[C@H](CCN)NC(=O)[C@H](CCN)NC(=O)[C@H](CC(C)C)NC(=O)[C@@H](Cc3ccccc3)NC(=O)[C@H](CCN)NC2=O)CC1. The van der Waals surface area contributed by atoms with Crippen LogP contribution in [0.4, 0.5) is 0 Å². The summed E-state index contributed by atoms with van der Waals surface area (Å²) in [5, 5.41) is 24.7. The van der Waals surface area contributed by atoms with Crippen molar-refractivity contribution >= 4 is 53.2 Å². The van der Waals surface area contributed by atoms with Gasteiger partial charge >= 0.3 is 0 Å². The Morgan fingerprint density at radius 3 is 1.56 bits per heavy atom. The molecule has 0 saturated carbocycles. The minimum absolute atomic E-state index is 0.0220. The third-order valence-corrected chi connectivity index (χ3v) is 13.9. The number of rotatable bonds is 24. The van der Waals surface area contributed by atoms with Gasteiger partial charge in [-0.3, -0.25) is 43.2 Å². The van der Waals surface area contributed by atoms with Crippen molar-refractivity contribution in [3.05, 3.63) is 35.9 Å². The standard InChI is InChI=1S/C54H94N14O9/c1-6-7-8-9-13-28-68-29-21-37(22-30-68)46(69)60-38(16-23-55)48(71)64-42-20-27-59-47(70)43(31-34(2)3)65-50(73)40(18-25-57)61-49(72)39(17-24-56)63-53(76)44(32-35(4)5)66-54(77)45(33-36-14-11-10-12-15-36)67-51(74)41(19-26-58)62-52(42)75/h10-12,14-15,34-35,37-45H,6-9,13,16-33,55-58H2,1-5H3,(H,59,70)(H,60,69)(H,61,72)(H,62,75)(H,63,76)(H,64,71)(H,65,73)(H,66,77)(H,67,74)/t38-,39+,40+,41+,42+,43+,44+,45-/m1/s1. The van der Waals surface area contributed by atoms with Crippen molar-refractivity contribution in [1.29, 1.82) is 0 Å². The molecule has 3 rings (SSSR count). The summed E-state index contributed by atoms with van der Waals surface area (Å²) in [7, 11) is 0. The molecule has 8 atom stereocenters. The van der Waals surface area contributed by atoms with E-state index >= 15 is 0 Å². The first kappa shape index (κ1) is 65.5. The van der Waals surface area contributed by atoms with E-state index in [1.165, 1.54) is 19.3 Å². The van der Waals surface area contributed by atoms with Gasteiger partial charge in [0.25, 0.3) is 0 Å². The first-order valence-corrected chi connectivity index (χ1v) is 28.1. The van der Waals surface area contributed by atoms with Crippen LogP contribution in [0.5, 0.6) is 0 Å².